The Bertz CT molecular complexity index is 325. The summed E-state index contributed by atoms with van der Waals surface area (Å²) in [6.45, 7) is 1.42. The second-order valence-corrected chi connectivity index (χ2v) is 6.21. The highest BCUT2D eigenvalue weighted by Crippen LogP contribution is 2.31. The molecule has 1 unspecified atom stereocenters. The summed E-state index contributed by atoms with van der Waals surface area (Å²) >= 11 is 5.16. The minimum Gasteiger partial charge on any atom is -0.371 e. The van der Waals surface area contributed by atoms with Crippen molar-refractivity contribution in [2.45, 2.75) is 31.8 Å². The molecule has 1 aliphatic rings. The van der Waals surface area contributed by atoms with Crippen molar-refractivity contribution < 1.29 is 4.74 Å². The molecule has 1 aliphatic carbocycles. The molecule has 0 aromatic carbocycles. The van der Waals surface area contributed by atoms with Crippen LogP contribution in [0.2, 0.25) is 0 Å². The van der Waals surface area contributed by atoms with E-state index in [0.29, 0.717) is 6.54 Å². The third kappa shape index (κ3) is 3.29. The number of hydrogen-bond donors (Lipinski definition) is 1. The smallest absolute Gasteiger partial charge is 0.104 e. The van der Waals surface area contributed by atoms with Gasteiger partial charge >= 0.3 is 0 Å². The average molecular weight is 304 g/mol. The molecule has 0 saturated heterocycles. The van der Waals surface area contributed by atoms with Crippen molar-refractivity contribution in [2.75, 3.05) is 13.2 Å². The molecule has 1 aromatic heterocycles. The average Bonchev–Trinajstić information content (AvgIpc) is 2.62. The van der Waals surface area contributed by atoms with Crippen LogP contribution in [0.25, 0.3) is 0 Å². The fraction of sp³-hybridized carbons (Fsp3) is 0.667. The van der Waals surface area contributed by atoms with E-state index >= 15 is 0 Å². The second-order valence-electron chi connectivity index (χ2n) is 4.35. The molecule has 0 bridgehead atoms. The zero-order valence-electron chi connectivity index (χ0n) is 9.32. The highest BCUT2D eigenvalue weighted by Gasteiger charge is 2.18. The minimum atomic E-state index is 0.0800. The van der Waals surface area contributed by atoms with Crippen molar-refractivity contribution in [1.29, 1.82) is 0 Å². The molecule has 1 atom stereocenters. The van der Waals surface area contributed by atoms with Gasteiger partial charge in [0, 0.05) is 27.9 Å². The Labute approximate surface area is 109 Å². The molecule has 1 fully saturated rings. The molecule has 1 saturated carbocycles. The van der Waals surface area contributed by atoms with Gasteiger partial charge in [0.1, 0.15) is 6.10 Å². The summed E-state index contributed by atoms with van der Waals surface area (Å²) in [4.78, 5) is 1.22. The molecule has 0 amide bonds. The number of thiophene rings is 1. The van der Waals surface area contributed by atoms with Crippen LogP contribution < -0.4 is 5.73 Å². The monoisotopic (exact) mass is 303 g/mol. The second kappa shape index (κ2) is 6.15. The third-order valence-electron chi connectivity index (χ3n) is 3.19. The lowest BCUT2D eigenvalue weighted by Gasteiger charge is -2.25. The summed E-state index contributed by atoms with van der Waals surface area (Å²) in [5.41, 5.74) is 5.74. The van der Waals surface area contributed by atoms with Crippen molar-refractivity contribution in [3.05, 3.63) is 20.8 Å². The van der Waals surface area contributed by atoms with Gasteiger partial charge < -0.3 is 10.5 Å². The van der Waals surface area contributed by atoms with E-state index in [4.69, 9.17) is 10.5 Å². The Morgan fingerprint density at radius 2 is 2.38 bits per heavy atom. The van der Waals surface area contributed by atoms with Crippen molar-refractivity contribution in [3.8, 4) is 0 Å². The van der Waals surface area contributed by atoms with Gasteiger partial charge in [-0.05, 0) is 34.3 Å². The van der Waals surface area contributed by atoms with E-state index in [2.05, 4.69) is 27.4 Å². The van der Waals surface area contributed by atoms with E-state index < -0.39 is 0 Å². The van der Waals surface area contributed by atoms with E-state index in [9.17, 15) is 0 Å². The number of halogens is 1. The van der Waals surface area contributed by atoms with E-state index in [1.807, 2.05) is 0 Å². The summed E-state index contributed by atoms with van der Waals surface area (Å²) in [7, 11) is 0. The van der Waals surface area contributed by atoms with Gasteiger partial charge in [-0.15, -0.1) is 11.3 Å². The van der Waals surface area contributed by atoms with Crippen molar-refractivity contribution in [1.82, 2.24) is 0 Å². The fourth-order valence-corrected chi connectivity index (χ4v) is 3.43. The Morgan fingerprint density at radius 3 is 2.88 bits per heavy atom. The first-order valence-corrected chi connectivity index (χ1v) is 7.52. The SMILES string of the molecule is NCC(OCCC1CCC1)c1cc(Br)cs1. The molecule has 2 rings (SSSR count). The minimum absolute atomic E-state index is 0.0800. The van der Waals surface area contributed by atoms with E-state index in [1.54, 1.807) is 11.3 Å². The first kappa shape index (κ1) is 12.6. The van der Waals surface area contributed by atoms with Gasteiger partial charge in [0.15, 0.2) is 0 Å². The molecule has 90 valence electrons. The van der Waals surface area contributed by atoms with Crippen LogP contribution in [0, 0.1) is 5.92 Å². The number of ether oxygens (including phenoxy) is 1. The van der Waals surface area contributed by atoms with Crippen molar-refractivity contribution >= 4 is 27.3 Å². The lowest BCUT2D eigenvalue weighted by molar-refractivity contribution is 0.0444. The van der Waals surface area contributed by atoms with E-state index in [-0.39, 0.29) is 6.10 Å². The van der Waals surface area contributed by atoms with Crippen LogP contribution in [0.1, 0.15) is 36.7 Å². The van der Waals surface area contributed by atoms with Crippen LogP contribution in [0.5, 0.6) is 0 Å². The predicted molar refractivity (Wildman–Crippen MR) is 71.7 cm³/mol. The topological polar surface area (TPSA) is 35.2 Å². The highest BCUT2D eigenvalue weighted by molar-refractivity contribution is 9.10. The van der Waals surface area contributed by atoms with Crippen LogP contribution in [-0.2, 0) is 4.74 Å². The molecule has 1 aromatic rings. The van der Waals surface area contributed by atoms with Crippen LogP contribution in [-0.4, -0.2) is 13.2 Å². The maximum Gasteiger partial charge on any atom is 0.104 e. The Morgan fingerprint density at radius 1 is 1.56 bits per heavy atom. The lowest BCUT2D eigenvalue weighted by atomic mass is 9.83. The number of hydrogen-bond acceptors (Lipinski definition) is 3. The largest absolute Gasteiger partial charge is 0.371 e. The molecular formula is C12H18BrNOS. The maximum atomic E-state index is 5.86. The van der Waals surface area contributed by atoms with Crippen LogP contribution in [0.15, 0.2) is 15.9 Å². The first-order chi connectivity index (χ1) is 7.79. The molecular weight excluding hydrogens is 286 g/mol. The van der Waals surface area contributed by atoms with Crippen molar-refractivity contribution in [2.24, 2.45) is 11.7 Å². The molecule has 4 heteroatoms. The first-order valence-electron chi connectivity index (χ1n) is 5.85. The van der Waals surface area contributed by atoms with Gasteiger partial charge in [-0.2, -0.15) is 0 Å². The molecule has 0 spiro atoms. The zero-order chi connectivity index (χ0) is 11.4. The molecule has 1 heterocycles. The molecule has 2 N–H and O–H groups in total. The summed E-state index contributed by atoms with van der Waals surface area (Å²) in [6.07, 6.45) is 5.46. The van der Waals surface area contributed by atoms with Gasteiger partial charge in [0.25, 0.3) is 0 Å². The maximum absolute atomic E-state index is 5.86. The normalized spacial score (nSPS) is 18.4. The lowest BCUT2D eigenvalue weighted by Crippen LogP contribution is -2.18. The van der Waals surface area contributed by atoms with E-state index in [0.717, 1.165) is 17.0 Å². The third-order valence-corrected chi connectivity index (χ3v) is 4.97. The van der Waals surface area contributed by atoms with Gasteiger partial charge in [-0.1, -0.05) is 19.3 Å². The number of nitrogens with two attached hydrogens (primary N) is 1. The summed E-state index contributed by atoms with van der Waals surface area (Å²) < 4.78 is 6.98. The molecule has 0 aliphatic heterocycles. The predicted octanol–water partition coefficient (Wildman–Crippen LogP) is 3.72. The summed E-state index contributed by atoms with van der Waals surface area (Å²) in [5, 5.41) is 2.08. The molecule has 16 heavy (non-hydrogen) atoms. The van der Waals surface area contributed by atoms with Gasteiger partial charge in [0.2, 0.25) is 0 Å². The fourth-order valence-electron chi connectivity index (χ4n) is 1.92. The van der Waals surface area contributed by atoms with Gasteiger partial charge in [-0.3, -0.25) is 0 Å². The van der Waals surface area contributed by atoms with E-state index in [1.165, 1.54) is 30.6 Å². The summed E-state index contributed by atoms with van der Waals surface area (Å²) in [6, 6.07) is 2.10. The van der Waals surface area contributed by atoms with Gasteiger partial charge in [0.05, 0.1) is 0 Å². The zero-order valence-corrected chi connectivity index (χ0v) is 11.7. The Kier molecular flexibility index (Phi) is 4.82. The molecule has 0 radical (unpaired) electrons. The van der Waals surface area contributed by atoms with Crippen LogP contribution in [0.3, 0.4) is 0 Å². The van der Waals surface area contributed by atoms with Crippen molar-refractivity contribution in [3.63, 3.8) is 0 Å². The van der Waals surface area contributed by atoms with Gasteiger partial charge in [-0.25, -0.2) is 0 Å². The van der Waals surface area contributed by atoms with Crippen LogP contribution in [0.4, 0.5) is 0 Å². The molecule has 2 nitrogen and oxygen atoms in total. The Hall–Kier alpha value is 0.1000. The quantitative estimate of drug-likeness (QED) is 0.869. The standard InChI is InChI=1S/C12H18BrNOS/c13-10-6-12(16-8-10)11(7-14)15-5-4-9-2-1-3-9/h6,8-9,11H,1-5,7,14H2. The number of rotatable bonds is 6. The highest BCUT2D eigenvalue weighted by atomic mass is 79.9. The summed E-state index contributed by atoms with van der Waals surface area (Å²) in [5.74, 6) is 0.911. The van der Waals surface area contributed by atoms with Crippen LogP contribution >= 0.6 is 27.3 Å². The Balaban J connectivity index is 1.76.